The molecular formula is C24H31N3O5S. The van der Waals surface area contributed by atoms with Gasteiger partial charge in [0.05, 0.1) is 4.90 Å². The number of sulfonamides is 1. The molecule has 3 rings (SSSR count). The van der Waals surface area contributed by atoms with Gasteiger partial charge in [0.25, 0.3) is 5.91 Å². The van der Waals surface area contributed by atoms with Gasteiger partial charge in [0.15, 0.2) is 0 Å². The molecule has 1 fully saturated rings. The Morgan fingerprint density at radius 3 is 2.42 bits per heavy atom. The van der Waals surface area contributed by atoms with Crippen LogP contribution in [0.5, 0.6) is 0 Å². The van der Waals surface area contributed by atoms with Crippen molar-refractivity contribution in [3.63, 3.8) is 0 Å². The van der Waals surface area contributed by atoms with Crippen LogP contribution in [0.3, 0.4) is 0 Å². The van der Waals surface area contributed by atoms with Crippen molar-refractivity contribution in [3.05, 3.63) is 59.7 Å². The molecule has 2 aromatic rings. The fourth-order valence-electron chi connectivity index (χ4n) is 3.96. The Labute approximate surface area is 195 Å². The number of rotatable bonds is 9. The molecule has 8 nitrogen and oxygen atoms in total. The van der Waals surface area contributed by atoms with Crippen molar-refractivity contribution in [3.8, 4) is 0 Å². The van der Waals surface area contributed by atoms with Crippen molar-refractivity contribution < 1.29 is 22.7 Å². The number of benzene rings is 2. The first kappa shape index (κ1) is 24.9. The molecule has 0 aliphatic heterocycles. The highest BCUT2D eigenvalue weighted by Gasteiger charge is 2.29. The Balaban J connectivity index is 1.60. The van der Waals surface area contributed by atoms with E-state index in [-0.39, 0.29) is 35.9 Å². The summed E-state index contributed by atoms with van der Waals surface area (Å²) in [6, 6.07) is 13.2. The lowest BCUT2D eigenvalue weighted by Gasteiger charge is -2.30. The van der Waals surface area contributed by atoms with Gasteiger partial charge >= 0.3 is 0 Å². The minimum absolute atomic E-state index is 0.0294. The third-order valence-electron chi connectivity index (χ3n) is 5.82. The molecule has 0 heterocycles. The number of carbonyl (C=O) groups excluding carboxylic acids is 2. The summed E-state index contributed by atoms with van der Waals surface area (Å²) in [6.07, 6.45) is 5.01. The predicted octanol–water partition coefficient (Wildman–Crippen LogP) is 3.15. The topological polar surface area (TPSA) is 105 Å². The summed E-state index contributed by atoms with van der Waals surface area (Å²) in [5, 5.41) is 5.54. The van der Waals surface area contributed by atoms with E-state index < -0.39 is 10.0 Å². The fourth-order valence-corrected chi connectivity index (χ4v) is 5.37. The number of nitrogens with one attached hydrogen (secondary N) is 2. The van der Waals surface area contributed by atoms with Crippen molar-refractivity contribution in [2.75, 3.05) is 26.1 Å². The van der Waals surface area contributed by atoms with Gasteiger partial charge in [-0.3, -0.25) is 9.59 Å². The molecule has 0 atom stereocenters. The van der Waals surface area contributed by atoms with Gasteiger partial charge in [0, 0.05) is 38.0 Å². The third kappa shape index (κ3) is 6.63. The standard InChI is InChI=1S/C24H31N3O5S/c1-27(21-9-4-3-5-10-21)33(30,31)22-13-11-19(12-14-22)24(29)25-16-18-7-6-8-20(15-18)26-23(28)17-32-2/h6-8,11-15,21H,3-5,9-10,16-17H2,1-2H3,(H,25,29)(H,26,28). The van der Waals surface area contributed by atoms with E-state index in [9.17, 15) is 18.0 Å². The molecule has 2 aromatic carbocycles. The highest BCUT2D eigenvalue weighted by atomic mass is 32.2. The number of carbonyl (C=O) groups is 2. The van der Waals surface area contributed by atoms with Crippen molar-refractivity contribution >= 4 is 27.5 Å². The summed E-state index contributed by atoms with van der Waals surface area (Å²) in [7, 11) is -0.514. The summed E-state index contributed by atoms with van der Waals surface area (Å²) in [4.78, 5) is 24.4. The largest absolute Gasteiger partial charge is 0.375 e. The molecule has 2 amide bonds. The maximum atomic E-state index is 13.0. The van der Waals surface area contributed by atoms with Crippen LogP contribution in [0.15, 0.2) is 53.4 Å². The van der Waals surface area contributed by atoms with Gasteiger partial charge in [-0.15, -0.1) is 0 Å². The molecule has 0 aromatic heterocycles. The monoisotopic (exact) mass is 473 g/mol. The summed E-state index contributed by atoms with van der Waals surface area (Å²) < 4.78 is 32.2. The molecule has 0 radical (unpaired) electrons. The number of anilines is 1. The van der Waals surface area contributed by atoms with Crippen molar-refractivity contribution in [1.29, 1.82) is 0 Å². The SMILES string of the molecule is COCC(=O)Nc1cccc(CNC(=O)c2ccc(S(=O)(=O)N(C)C3CCCCC3)cc2)c1. The van der Waals surface area contributed by atoms with Crippen LogP contribution in [-0.4, -0.2) is 51.3 Å². The summed E-state index contributed by atoms with van der Waals surface area (Å²) in [5.41, 5.74) is 1.80. The highest BCUT2D eigenvalue weighted by Crippen LogP contribution is 2.26. The van der Waals surface area contributed by atoms with Crippen LogP contribution < -0.4 is 10.6 Å². The third-order valence-corrected chi connectivity index (χ3v) is 7.75. The van der Waals surface area contributed by atoms with Gasteiger partial charge in [0.1, 0.15) is 6.61 Å². The van der Waals surface area contributed by atoms with Crippen molar-refractivity contribution in [2.45, 2.75) is 49.6 Å². The van der Waals surface area contributed by atoms with Gasteiger partial charge in [-0.2, -0.15) is 4.31 Å². The van der Waals surface area contributed by atoms with Gasteiger partial charge in [-0.1, -0.05) is 31.4 Å². The Hall–Kier alpha value is -2.75. The zero-order chi connectivity index (χ0) is 23.8. The molecule has 2 N–H and O–H groups in total. The second-order valence-corrected chi connectivity index (χ2v) is 10.2. The minimum Gasteiger partial charge on any atom is -0.375 e. The maximum absolute atomic E-state index is 13.0. The summed E-state index contributed by atoms with van der Waals surface area (Å²) >= 11 is 0. The Bertz CT molecular complexity index is 1060. The van der Waals surface area contributed by atoms with E-state index in [1.54, 1.807) is 25.2 Å². The maximum Gasteiger partial charge on any atom is 0.251 e. The van der Waals surface area contributed by atoms with E-state index in [1.165, 1.54) is 35.7 Å². The highest BCUT2D eigenvalue weighted by molar-refractivity contribution is 7.89. The van der Waals surface area contributed by atoms with E-state index in [0.717, 1.165) is 37.7 Å². The first-order valence-corrected chi connectivity index (χ1v) is 12.5. The zero-order valence-electron chi connectivity index (χ0n) is 19.0. The molecule has 1 aliphatic carbocycles. The van der Waals surface area contributed by atoms with Crippen molar-refractivity contribution in [1.82, 2.24) is 9.62 Å². The van der Waals surface area contributed by atoms with Crippen LogP contribution in [0.2, 0.25) is 0 Å². The summed E-state index contributed by atoms with van der Waals surface area (Å²) in [6.45, 7) is 0.223. The molecule has 9 heteroatoms. The zero-order valence-corrected chi connectivity index (χ0v) is 19.9. The van der Waals surface area contributed by atoms with E-state index in [2.05, 4.69) is 10.6 Å². The lowest BCUT2D eigenvalue weighted by atomic mass is 9.96. The van der Waals surface area contributed by atoms with Gasteiger partial charge in [-0.05, 0) is 54.8 Å². The van der Waals surface area contributed by atoms with Gasteiger partial charge in [-0.25, -0.2) is 8.42 Å². The smallest absolute Gasteiger partial charge is 0.251 e. The molecule has 0 saturated heterocycles. The number of methoxy groups -OCH3 is 1. The van der Waals surface area contributed by atoms with E-state index in [1.807, 2.05) is 6.07 Å². The molecule has 0 bridgehead atoms. The molecule has 0 spiro atoms. The second-order valence-electron chi connectivity index (χ2n) is 8.20. The van der Waals surface area contributed by atoms with E-state index >= 15 is 0 Å². The van der Waals surface area contributed by atoms with Crippen LogP contribution in [0.25, 0.3) is 0 Å². The molecule has 1 saturated carbocycles. The normalized spacial score (nSPS) is 14.8. The lowest BCUT2D eigenvalue weighted by Crippen LogP contribution is -2.38. The fraction of sp³-hybridized carbons (Fsp3) is 0.417. The molecule has 178 valence electrons. The van der Waals surface area contributed by atoms with Crippen LogP contribution in [0, 0.1) is 0 Å². The first-order valence-electron chi connectivity index (χ1n) is 11.1. The van der Waals surface area contributed by atoms with Crippen LogP contribution in [0.1, 0.15) is 48.0 Å². The van der Waals surface area contributed by atoms with Crippen LogP contribution >= 0.6 is 0 Å². The van der Waals surface area contributed by atoms with E-state index in [0.29, 0.717) is 11.3 Å². The molecular weight excluding hydrogens is 442 g/mol. The average Bonchev–Trinajstić information content (AvgIpc) is 2.83. The van der Waals surface area contributed by atoms with E-state index in [4.69, 9.17) is 4.74 Å². The molecule has 0 unspecified atom stereocenters. The number of ether oxygens (including phenoxy) is 1. The Morgan fingerprint density at radius 1 is 1.06 bits per heavy atom. The summed E-state index contributed by atoms with van der Waals surface area (Å²) in [5.74, 6) is -0.573. The Morgan fingerprint density at radius 2 is 1.76 bits per heavy atom. The number of hydrogen-bond donors (Lipinski definition) is 2. The number of amides is 2. The van der Waals surface area contributed by atoms with Gasteiger partial charge in [0.2, 0.25) is 15.9 Å². The quantitative estimate of drug-likeness (QED) is 0.582. The predicted molar refractivity (Wildman–Crippen MR) is 126 cm³/mol. The first-order chi connectivity index (χ1) is 15.8. The van der Waals surface area contributed by atoms with Crippen molar-refractivity contribution in [2.24, 2.45) is 0 Å². The van der Waals surface area contributed by atoms with Gasteiger partial charge < -0.3 is 15.4 Å². The van der Waals surface area contributed by atoms with Crippen LogP contribution in [0.4, 0.5) is 5.69 Å². The number of nitrogens with zero attached hydrogens (tertiary/aromatic N) is 1. The minimum atomic E-state index is -3.60. The Kier molecular flexibility index (Phi) is 8.60. The number of hydrogen-bond acceptors (Lipinski definition) is 5. The average molecular weight is 474 g/mol. The lowest BCUT2D eigenvalue weighted by molar-refractivity contribution is -0.119. The van der Waals surface area contributed by atoms with Crippen LogP contribution in [-0.2, 0) is 26.1 Å². The second kappa shape index (κ2) is 11.4. The molecule has 33 heavy (non-hydrogen) atoms. The molecule has 1 aliphatic rings.